The fraction of sp³-hybridized carbons (Fsp3) is 0.857. The first kappa shape index (κ1) is 9.44. The highest BCUT2D eigenvalue weighted by Crippen LogP contribution is 2.03. The molecule has 2 atom stereocenters. The van der Waals surface area contributed by atoms with Crippen molar-refractivity contribution in [2.24, 2.45) is 11.5 Å². The molecule has 1 aliphatic rings. The molecule has 0 aromatic heterocycles. The lowest BCUT2D eigenvalue weighted by Gasteiger charge is -2.13. The predicted octanol–water partition coefficient (Wildman–Crippen LogP) is -1.82. The fourth-order valence-electron chi connectivity index (χ4n) is 1.08. The van der Waals surface area contributed by atoms with Gasteiger partial charge < -0.3 is 21.5 Å². The Morgan fingerprint density at radius 2 is 2.50 bits per heavy atom. The average molecular weight is 173 g/mol. The highest BCUT2D eigenvalue weighted by atomic mass is 16.5. The summed E-state index contributed by atoms with van der Waals surface area (Å²) < 4.78 is 5.06. The molecule has 1 heterocycles. The van der Waals surface area contributed by atoms with E-state index in [0.717, 1.165) is 19.5 Å². The van der Waals surface area contributed by atoms with Crippen LogP contribution in [0.4, 0.5) is 0 Å². The van der Waals surface area contributed by atoms with Crippen molar-refractivity contribution in [2.75, 3.05) is 19.6 Å². The Morgan fingerprint density at radius 3 is 3.00 bits per heavy atom. The highest BCUT2D eigenvalue weighted by Gasteiger charge is 2.21. The first-order valence-corrected chi connectivity index (χ1v) is 4.11. The molecule has 0 radical (unpaired) electrons. The van der Waals surface area contributed by atoms with E-state index in [2.05, 4.69) is 5.32 Å². The number of nitrogens with two attached hydrogens (primary N) is 2. The minimum atomic E-state index is -0.675. The van der Waals surface area contributed by atoms with E-state index in [1.165, 1.54) is 0 Å². The van der Waals surface area contributed by atoms with Crippen molar-refractivity contribution >= 4 is 5.97 Å². The van der Waals surface area contributed by atoms with Gasteiger partial charge in [-0.05, 0) is 13.0 Å². The van der Waals surface area contributed by atoms with Gasteiger partial charge in [-0.3, -0.25) is 4.79 Å². The quantitative estimate of drug-likeness (QED) is 0.437. The summed E-state index contributed by atoms with van der Waals surface area (Å²) in [4.78, 5) is 11.1. The molecule has 1 saturated heterocycles. The second-order valence-electron chi connectivity index (χ2n) is 2.89. The van der Waals surface area contributed by atoms with Gasteiger partial charge in [0, 0.05) is 13.1 Å². The third-order valence-electron chi connectivity index (χ3n) is 1.85. The fourth-order valence-corrected chi connectivity index (χ4v) is 1.08. The zero-order valence-electron chi connectivity index (χ0n) is 6.95. The maximum atomic E-state index is 11.1. The van der Waals surface area contributed by atoms with E-state index >= 15 is 0 Å². The molecule has 0 bridgehead atoms. The summed E-state index contributed by atoms with van der Waals surface area (Å²) in [5, 5.41) is 3.09. The lowest BCUT2D eigenvalue weighted by Crippen LogP contribution is -2.41. The van der Waals surface area contributed by atoms with Crippen LogP contribution >= 0.6 is 0 Å². The molecule has 0 amide bonds. The highest BCUT2D eigenvalue weighted by molar-refractivity contribution is 5.75. The summed E-state index contributed by atoms with van der Waals surface area (Å²) in [5.74, 6) is -0.397. The predicted molar refractivity (Wildman–Crippen MR) is 44.4 cm³/mol. The molecule has 5 N–H and O–H groups in total. The van der Waals surface area contributed by atoms with E-state index in [-0.39, 0.29) is 12.6 Å². The van der Waals surface area contributed by atoms with Crippen LogP contribution in [0, 0.1) is 0 Å². The third-order valence-corrected chi connectivity index (χ3v) is 1.85. The van der Waals surface area contributed by atoms with Gasteiger partial charge in [0.25, 0.3) is 0 Å². The molecule has 5 nitrogen and oxygen atoms in total. The summed E-state index contributed by atoms with van der Waals surface area (Å²) in [5.41, 5.74) is 10.6. The zero-order valence-corrected chi connectivity index (χ0v) is 6.95. The molecule has 0 aromatic carbocycles. The van der Waals surface area contributed by atoms with E-state index in [0.29, 0.717) is 0 Å². The van der Waals surface area contributed by atoms with Gasteiger partial charge in [-0.1, -0.05) is 0 Å². The Labute approximate surface area is 71.4 Å². The molecule has 0 aliphatic carbocycles. The number of carbonyl (C=O) groups excluding carboxylic acids is 1. The molecule has 70 valence electrons. The lowest BCUT2D eigenvalue weighted by molar-refractivity contribution is -0.149. The molecule has 12 heavy (non-hydrogen) atoms. The maximum Gasteiger partial charge on any atom is 0.324 e. The van der Waals surface area contributed by atoms with Crippen molar-refractivity contribution < 1.29 is 9.53 Å². The van der Waals surface area contributed by atoms with Crippen LogP contribution in [0.2, 0.25) is 0 Å². The van der Waals surface area contributed by atoms with Gasteiger partial charge >= 0.3 is 5.97 Å². The number of nitrogens with one attached hydrogen (secondary N) is 1. The van der Waals surface area contributed by atoms with E-state index in [4.69, 9.17) is 16.2 Å². The van der Waals surface area contributed by atoms with Gasteiger partial charge in [-0.25, -0.2) is 0 Å². The van der Waals surface area contributed by atoms with Crippen LogP contribution in [0.5, 0.6) is 0 Å². The Kier molecular flexibility index (Phi) is 3.46. The summed E-state index contributed by atoms with van der Waals surface area (Å²) in [6, 6.07) is -0.675. The Hall–Kier alpha value is -0.650. The van der Waals surface area contributed by atoms with E-state index in [9.17, 15) is 4.79 Å². The number of hydrogen-bond donors (Lipinski definition) is 3. The summed E-state index contributed by atoms with van der Waals surface area (Å²) in [6.07, 6.45) is 0.846. The second kappa shape index (κ2) is 4.39. The van der Waals surface area contributed by atoms with Gasteiger partial charge in [0.15, 0.2) is 0 Å². The Morgan fingerprint density at radius 1 is 1.75 bits per heavy atom. The molecule has 0 saturated carbocycles. The molecular formula is C7H15N3O2. The first-order valence-electron chi connectivity index (χ1n) is 4.11. The van der Waals surface area contributed by atoms with Gasteiger partial charge in [-0.2, -0.15) is 0 Å². The van der Waals surface area contributed by atoms with Crippen LogP contribution in [0.25, 0.3) is 0 Å². The summed E-state index contributed by atoms with van der Waals surface area (Å²) in [6.45, 7) is 1.76. The standard InChI is InChI=1S/C7H15N3O2/c8-3-6(9)7(11)12-5-1-2-10-4-5/h5-6,10H,1-4,8-9H2. The lowest BCUT2D eigenvalue weighted by atomic mass is 10.3. The molecule has 1 rings (SSSR count). The SMILES string of the molecule is NCC(N)C(=O)OC1CCNC1. The van der Waals surface area contributed by atoms with Crippen LogP contribution in [-0.4, -0.2) is 37.7 Å². The average Bonchev–Trinajstić information content (AvgIpc) is 2.55. The van der Waals surface area contributed by atoms with E-state index in [1.54, 1.807) is 0 Å². The van der Waals surface area contributed by atoms with Crippen LogP contribution in [0.1, 0.15) is 6.42 Å². The smallest absolute Gasteiger partial charge is 0.324 e. The van der Waals surface area contributed by atoms with Crippen molar-refractivity contribution in [2.45, 2.75) is 18.6 Å². The number of ether oxygens (including phenoxy) is 1. The monoisotopic (exact) mass is 173 g/mol. The van der Waals surface area contributed by atoms with Gasteiger partial charge in [0.2, 0.25) is 0 Å². The maximum absolute atomic E-state index is 11.1. The van der Waals surface area contributed by atoms with Crippen LogP contribution in [-0.2, 0) is 9.53 Å². The van der Waals surface area contributed by atoms with E-state index in [1.807, 2.05) is 0 Å². The van der Waals surface area contributed by atoms with Gasteiger partial charge in [0.1, 0.15) is 12.1 Å². The Bertz CT molecular complexity index is 157. The molecule has 1 fully saturated rings. The summed E-state index contributed by atoms with van der Waals surface area (Å²) >= 11 is 0. The number of hydrogen-bond acceptors (Lipinski definition) is 5. The largest absolute Gasteiger partial charge is 0.460 e. The van der Waals surface area contributed by atoms with Crippen LogP contribution in [0.15, 0.2) is 0 Å². The van der Waals surface area contributed by atoms with E-state index < -0.39 is 12.0 Å². The normalized spacial score (nSPS) is 25.3. The minimum absolute atomic E-state index is 0.0184. The molecular weight excluding hydrogens is 158 g/mol. The van der Waals surface area contributed by atoms with Crippen LogP contribution in [0.3, 0.4) is 0 Å². The Balaban J connectivity index is 2.25. The molecule has 1 aliphatic heterocycles. The number of rotatable bonds is 3. The van der Waals surface area contributed by atoms with Crippen molar-refractivity contribution in [1.82, 2.24) is 5.32 Å². The van der Waals surface area contributed by atoms with Crippen molar-refractivity contribution in [3.05, 3.63) is 0 Å². The minimum Gasteiger partial charge on any atom is -0.460 e. The van der Waals surface area contributed by atoms with Crippen molar-refractivity contribution in [3.8, 4) is 0 Å². The van der Waals surface area contributed by atoms with Gasteiger partial charge in [0.05, 0.1) is 0 Å². The first-order chi connectivity index (χ1) is 5.74. The van der Waals surface area contributed by atoms with Crippen LogP contribution < -0.4 is 16.8 Å². The molecule has 2 unspecified atom stereocenters. The molecule has 0 aromatic rings. The third kappa shape index (κ3) is 2.44. The number of esters is 1. The van der Waals surface area contributed by atoms with Crippen molar-refractivity contribution in [3.63, 3.8) is 0 Å². The summed E-state index contributed by atoms with van der Waals surface area (Å²) in [7, 11) is 0. The molecule has 0 spiro atoms. The molecule has 5 heteroatoms. The van der Waals surface area contributed by atoms with Crippen molar-refractivity contribution in [1.29, 1.82) is 0 Å². The van der Waals surface area contributed by atoms with Gasteiger partial charge in [-0.15, -0.1) is 0 Å². The number of carbonyl (C=O) groups is 1. The second-order valence-corrected chi connectivity index (χ2v) is 2.89. The topological polar surface area (TPSA) is 90.4 Å². The zero-order chi connectivity index (χ0) is 8.97.